The molecule has 3 aromatic rings. The van der Waals surface area contributed by atoms with E-state index in [0.717, 1.165) is 27.8 Å². The minimum Gasteiger partial charge on any atom is -0.493 e. The number of hydrogen-bond acceptors (Lipinski definition) is 5. The largest absolute Gasteiger partial charge is 0.493 e. The van der Waals surface area contributed by atoms with Gasteiger partial charge in [-0.1, -0.05) is 6.07 Å². The summed E-state index contributed by atoms with van der Waals surface area (Å²) < 4.78 is 19.4. The molecular weight excluding hydrogens is 324 g/mol. The standard InChI is InChI=1S/C18H18N2O3S/c1-11(2)23-16-7-13-14(8-15(16)21-3)22-10-12-9-19-18(20(12)13)17-5-4-6-24-17/h4-9,11H,10H2,1-3H3. The zero-order valence-corrected chi connectivity index (χ0v) is 14.6. The van der Waals surface area contributed by atoms with E-state index in [9.17, 15) is 0 Å². The van der Waals surface area contributed by atoms with Gasteiger partial charge in [-0.25, -0.2) is 4.98 Å². The lowest BCUT2D eigenvalue weighted by atomic mass is 10.2. The topological polar surface area (TPSA) is 45.5 Å². The van der Waals surface area contributed by atoms with Gasteiger partial charge in [0.15, 0.2) is 17.3 Å². The molecule has 0 unspecified atom stereocenters. The first-order valence-electron chi connectivity index (χ1n) is 7.79. The van der Waals surface area contributed by atoms with Crippen LogP contribution in [0.3, 0.4) is 0 Å². The molecule has 3 heterocycles. The SMILES string of the molecule is COc1cc2c(cc1OC(C)C)-n1c(cnc1-c1cccs1)CO2. The van der Waals surface area contributed by atoms with Crippen LogP contribution in [0.1, 0.15) is 19.5 Å². The minimum absolute atomic E-state index is 0.0560. The summed E-state index contributed by atoms with van der Waals surface area (Å²) in [7, 11) is 1.64. The van der Waals surface area contributed by atoms with E-state index in [1.807, 2.05) is 38.2 Å². The third-order valence-electron chi connectivity index (χ3n) is 3.80. The van der Waals surface area contributed by atoms with Gasteiger partial charge in [-0.3, -0.25) is 4.57 Å². The van der Waals surface area contributed by atoms with Crippen LogP contribution in [0.2, 0.25) is 0 Å². The Balaban J connectivity index is 1.90. The van der Waals surface area contributed by atoms with Crippen molar-refractivity contribution < 1.29 is 14.2 Å². The molecule has 0 saturated heterocycles. The summed E-state index contributed by atoms with van der Waals surface area (Å²) in [6.45, 7) is 4.48. The van der Waals surface area contributed by atoms with Gasteiger partial charge in [0.2, 0.25) is 0 Å². The molecule has 0 N–H and O–H groups in total. The normalized spacial score (nSPS) is 12.5. The van der Waals surface area contributed by atoms with Crippen molar-refractivity contribution in [2.75, 3.05) is 7.11 Å². The molecule has 0 bridgehead atoms. The van der Waals surface area contributed by atoms with Crippen molar-refractivity contribution in [1.82, 2.24) is 9.55 Å². The van der Waals surface area contributed by atoms with Crippen LogP contribution in [-0.4, -0.2) is 22.8 Å². The predicted octanol–water partition coefficient (Wildman–Crippen LogP) is 4.29. The smallest absolute Gasteiger partial charge is 0.164 e. The number of methoxy groups -OCH3 is 1. The molecule has 0 amide bonds. The fourth-order valence-electron chi connectivity index (χ4n) is 2.82. The number of thiophene rings is 1. The van der Waals surface area contributed by atoms with Gasteiger partial charge in [-0.05, 0) is 25.3 Å². The van der Waals surface area contributed by atoms with E-state index in [2.05, 4.69) is 21.0 Å². The van der Waals surface area contributed by atoms with E-state index in [1.54, 1.807) is 18.4 Å². The van der Waals surface area contributed by atoms with E-state index in [0.29, 0.717) is 18.1 Å². The molecule has 0 spiro atoms. The second-order valence-electron chi connectivity index (χ2n) is 5.81. The third kappa shape index (κ3) is 2.43. The van der Waals surface area contributed by atoms with Crippen molar-refractivity contribution >= 4 is 11.3 Å². The number of aromatic nitrogens is 2. The Kier molecular flexibility index (Phi) is 3.69. The first kappa shape index (κ1) is 15.1. The maximum atomic E-state index is 5.91. The zero-order chi connectivity index (χ0) is 16.7. The number of rotatable bonds is 4. The highest BCUT2D eigenvalue weighted by molar-refractivity contribution is 7.13. The van der Waals surface area contributed by atoms with Crippen molar-refractivity contribution in [3.05, 3.63) is 41.5 Å². The van der Waals surface area contributed by atoms with Crippen LogP contribution in [0.4, 0.5) is 0 Å². The molecule has 1 aromatic carbocycles. The van der Waals surface area contributed by atoms with Crippen molar-refractivity contribution in [2.24, 2.45) is 0 Å². The lowest BCUT2D eigenvalue weighted by Crippen LogP contribution is -2.14. The summed E-state index contributed by atoms with van der Waals surface area (Å²) in [5.74, 6) is 3.06. The van der Waals surface area contributed by atoms with Crippen LogP contribution in [0, 0.1) is 0 Å². The summed E-state index contributed by atoms with van der Waals surface area (Å²) in [5, 5.41) is 2.05. The summed E-state index contributed by atoms with van der Waals surface area (Å²) in [6, 6.07) is 7.96. The van der Waals surface area contributed by atoms with Crippen molar-refractivity contribution in [1.29, 1.82) is 0 Å². The first-order valence-corrected chi connectivity index (χ1v) is 8.67. The molecule has 0 radical (unpaired) electrons. The lowest BCUT2D eigenvalue weighted by molar-refractivity contribution is 0.227. The number of hydrogen-bond donors (Lipinski definition) is 0. The molecule has 4 rings (SSSR count). The molecule has 2 aromatic heterocycles. The van der Waals surface area contributed by atoms with Crippen molar-refractivity contribution in [3.63, 3.8) is 0 Å². The molecule has 0 aliphatic carbocycles. The molecule has 1 aliphatic heterocycles. The molecule has 0 saturated carbocycles. The fraction of sp³-hybridized carbons (Fsp3) is 0.278. The summed E-state index contributed by atoms with van der Waals surface area (Å²) >= 11 is 1.67. The quantitative estimate of drug-likeness (QED) is 0.709. The molecule has 1 aliphatic rings. The molecular formula is C18H18N2O3S. The second-order valence-corrected chi connectivity index (χ2v) is 6.76. The average Bonchev–Trinajstić information content (AvgIpc) is 3.22. The summed E-state index contributed by atoms with van der Waals surface area (Å²) in [6.07, 6.45) is 1.92. The third-order valence-corrected chi connectivity index (χ3v) is 4.67. The number of ether oxygens (including phenoxy) is 3. The summed E-state index contributed by atoms with van der Waals surface area (Å²) in [4.78, 5) is 5.72. The molecule has 0 fully saturated rings. The highest BCUT2D eigenvalue weighted by atomic mass is 32.1. The van der Waals surface area contributed by atoms with Crippen molar-refractivity contribution in [2.45, 2.75) is 26.6 Å². The monoisotopic (exact) mass is 342 g/mol. The van der Waals surface area contributed by atoms with E-state index < -0.39 is 0 Å². The van der Waals surface area contributed by atoms with Gasteiger partial charge in [0, 0.05) is 12.1 Å². The van der Waals surface area contributed by atoms with Gasteiger partial charge in [-0.15, -0.1) is 11.3 Å². The van der Waals surface area contributed by atoms with Gasteiger partial charge in [-0.2, -0.15) is 0 Å². The van der Waals surface area contributed by atoms with Gasteiger partial charge in [0.1, 0.15) is 12.4 Å². The first-order chi connectivity index (χ1) is 11.7. The Morgan fingerprint density at radius 3 is 2.88 bits per heavy atom. The predicted molar refractivity (Wildman–Crippen MR) is 93.5 cm³/mol. The number of imidazole rings is 1. The van der Waals surface area contributed by atoms with Crippen LogP contribution in [0.15, 0.2) is 35.8 Å². The Morgan fingerprint density at radius 1 is 1.29 bits per heavy atom. The van der Waals surface area contributed by atoms with Crippen molar-refractivity contribution in [3.8, 4) is 33.6 Å². The van der Waals surface area contributed by atoms with Crippen LogP contribution >= 0.6 is 11.3 Å². The van der Waals surface area contributed by atoms with Gasteiger partial charge in [0.05, 0.1) is 35.7 Å². The van der Waals surface area contributed by atoms with Crippen LogP contribution < -0.4 is 14.2 Å². The molecule has 24 heavy (non-hydrogen) atoms. The van der Waals surface area contributed by atoms with Crippen LogP contribution in [0.25, 0.3) is 16.4 Å². The zero-order valence-electron chi connectivity index (χ0n) is 13.8. The van der Waals surface area contributed by atoms with Crippen LogP contribution in [-0.2, 0) is 6.61 Å². The Hall–Kier alpha value is -2.47. The minimum atomic E-state index is 0.0560. The highest BCUT2D eigenvalue weighted by Crippen LogP contribution is 2.42. The second kappa shape index (κ2) is 5.87. The molecule has 0 atom stereocenters. The Morgan fingerprint density at radius 2 is 2.17 bits per heavy atom. The Bertz CT molecular complexity index is 869. The number of nitrogens with zero attached hydrogens (tertiary/aromatic N) is 2. The maximum Gasteiger partial charge on any atom is 0.164 e. The van der Waals surface area contributed by atoms with E-state index in [4.69, 9.17) is 14.2 Å². The van der Waals surface area contributed by atoms with Crippen LogP contribution in [0.5, 0.6) is 17.2 Å². The Labute approximate surface area is 144 Å². The van der Waals surface area contributed by atoms with Gasteiger partial charge < -0.3 is 14.2 Å². The maximum absolute atomic E-state index is 5.91. The van der Waals surface area contributed by atoms with Gasteiger partial charge >= 0.3 is 0 Å². The molecule has 6 heteroatoms. The van der Waals surface area contributed by atoms with E-state index in [-0.39, 0.29) is 6.10 Å². The molecule has 5 nitrogen and oxygen atoms in total. The van der Waals surface area contributed by atoms with Gasteiger partial charge in [0.25, 0.3) is 0 Å². The molecule has 124 valence electrons. The van der Waals surface area contributed by atoms with E-state index >= 15 is 0 Å². The number of fused-ring (bicyclic) bond motifs is 3. The lowest BCUT2D eigenvalue weighted by Gasteiger charge is -2.24. The fourth-order valence-corrected chi connectivity index (χ4v) is 3.53. The average molecular weight is 342 g/mol. The van der Waals surface area contributed by atoms with E-state index in [1.165, 1.54) is 0 Å². The summed E-state index contributed by atoms with van der Waals surface area (Å²) in [5.41, 5.74) is 1.94. The highest BCUT2D eigenvalue weighted by Gasteiger charge is 2.25. The number of benzene rings is 1.